The third kappa shape index (κ3) is 4.26. The Kier molecular flexibility index (Phi) is 5.33. The van der Waals surface area contributed by atoms with Gasteiger partial charge in [0, 0.05) is 44.1 Å². The lowest BCUT2D eigenvalue weighted by Crippen LogP contribution is -2.47. The number of rotatable bonds is 6. The van der Waals surface area contributed by atoms with E-state index in [1.807, 2.05) is 34.9 Å². The zero-order valence-electron chi connectivity index (χ0n) is 18.0. The average Bonchev–Trinajstić information content (AvgIpc) is 3.50. The van der Waals surface area contributed by atoms with Crippen molar-refractivity contribution < 1.29 is 9.53 Å². The van der Waals surface area contributed by atoms with Gasteiger partial charge in [0.05, 0.1) is 18.7 Å². The van der Waals surface area contributed by atoms with E-state index in [9.17, 15) is 4.79 Å². The number of benzene rings is 1. The number of amides is 1. The first kappa shape index (κ1) is 20.0. The topological polar surface area (TPSA) is 75.0 Å². The van der Waals surface area contributed by atoms with Crippen LogP contribution in [0.5, 0.6) is 5.75 Å². The lowest BCUT2D eigenvalue weighted by atomic mass is 10.1. The molecule has 0 spiro atoms. The van der Waals surface area contributed by atoms with E-state index in [1.165, 1.54) is 19.4 Å². The number of methoxy groups -OCH3 is 1. The highest BCUT2D eigenvalue weighted by molar-refractivity contribution is 6.04. The normalized spacial score (nSPS) is 20.1. The summed E-state index contributed by atoms with van der Waals surface area (Å²) in [7, 11) is 3.75. The van der Waals surface area contributed by atoms with Gasteiger partial charge in [-0.1, -0.05) is 6.07 Å². The number of likely N-dealkylation sites (N-methyl/N-ethyl adjacent to an activating group) is 1. The number of piperazine rings is 1. The molecule has 31 heavy (non-hydrogen) atoms. The molecule has 8 heteroatoms. The van der Waals surface area contributed by atoms with E-state index in [1.54, 1.807) is 19.2 Å². The summed E-state index contributed by atoms with van der Waals surface area (Å²) in [6.07, 6.45) is 4.56. The van der Waals surface area contributed by atoms with Gasteiger partial charge < -0.3 is 10.1 Å². The lowest BCUT2D eigenvalue weighted by molar-refractivity contribution is 0.0870. The number of aromatic nitrogens is 3. The molecule has 2 aliphatic rings. The summed E-state index contributed by atoms with van der Waals surface area (Å²) >= 11 is 0. The first-order valence-electron chi connectivity index (χ1n) is 10.8. The van der Waals surface area contributed by atoms with E-state index in [-0.39, 0.29) is 11.9 Å². The second kappa shape index (κ2) is 8.28. The predicted molar refractivity (Wildman–Crippen MR) is 118 cm³/mol. The highest BCUT2D eigenvalue weighted by Gasteiger charge is 2.32. The molecule has 0 bridgehead atoms. The van der Waals surface area contributed by atoms with Crippen LogP contribution in [-0.2, 0) is 0 Å². The maximum absolute atomic E-state index is 12.9. The summed E-state index contributed by atoms with van der Waals surface area (Å²) < 4.78 is 7.20. The molecule has 1 saturated heterocycles. The maximum atomic E-state index is 12.9. The van der Waals surface area contributed by atoms with Gasteiger partial charge in [0.25, 0.3) is 5.91 Å². The number of ether oxygens (including phenoxy) is 1. The molecular weight excluding hydrogens is 392 g/mol. The highest BCUT2D eigenvalue weighted by atomic mass is 16.5. The van der Waals surface area contributed by atoms with E-state index < -0.39 is 0 Å². The zero-order chi connectivity index (χ0) is 21.4. The Balaban J connectivity index is 1.39. The highest BCUT2D eigenvalue weighted by Crippen LogP contribution is 2.32. The van der Waals surface area contributed by atoms with Gasteiger partial charge >= 0.3 is 0 Å². The molecule has 2 fully saturated rings. The van der Waals surface area contributed by atoms with E-state index in [2.05, 4.69) is 32.4 Å². The fraction of sp³-hybridized carbons (Fsp3) is 0.435. The van der Waals surface area contributed by atoms with Crippen LogP contribution in [0, 0.1) is 5.92 Å². The summed E-state index contributed by atoms with van der Waals surface area (Å²) in [6.45, 7) is 4.21. The molecule has 1 aromatic carbocycles. The van der Waals surface area contributed by atoms with Gasteiger partial charge in [-0.2, -0.15) is 0 Å². The number of pyridine rings is 1. The largest absolute Gasteiger partial charge is 0.497 e. The van der Waals surface area contributed by atoms with Gasteiger partial charge in [-0.3, -0.25) is 19.0 Å². The minimum Gasteiger partial charge on any atom is -0.497 e. The van der Waals surface area contributed by atoms with Gasteiger partial charge in [0.2, 0.25) is 0 Å². The smallest absolute Gasteiger partial charge is 0.257 e. The van der Waals surface area contributed by atoms with Crippen LogP contribution in [0.4, 0.5) is 5.69 Å². The second-order valence-electron chi connectivity index (χ2n) is 8.59. The number of carbonyl (C=O) groups excluding carboxylic acids is 1. The van der Waals surface area contributed by atoms with Gasteiger partial charge in [-0.05, 0) is 50.1 Å². The summed E-state index contributed by atoms with van der Waals surface area (Å²) in [5.74, 6) is 2.27. The summed E-state index contributed by atoms with van der Waals surface area (Å²) in [5, 5.41) is 11.8. The molecular formula is C23H28N6O2. The first-order chi connectivity index (χ1) is 15.1. The van der Waals surface area contributed by atoms with Gasteiger partial charge in [-0.25, -0.2) is 0 Å². The van der Waals surface area contributed by atoms with Crippen LogP contribution in [0.15, 0.2) is 42.6 Å². The van der Waals surface area contributed by atoms with Crippen molar-refractivity contribution in [2.45, 2.75) is 18.9 Å². The van der Waals surface area contributed by atoms with Crippen molar-refractivity contribution in [1.82, 2.24) is 24.4 Å². The average molecular weight is 421 g/mol. The van der Waals surface area contributed by atoms with Gasteiger partial charge in [-0.15, -0.1) is 10.2 Å². The Morgan fingerprint density at radius 3 is 2.87 bits per heavy atom. The number of hydrogen-bond acceptors (Lipinski definition) is 6. The molecule has 1 aliphatic carbocycles. The standard InChI is InChI=1S/C23H28N6O2/c1-27-10-11-28(13-16-6-7-16)15-20(27)22-26-25-21-9-8-17(14-29(21)22)23(30)24-18-4-3-5-19(12-18)31-2/h3-5,8-9,12,14,16,20H,6-7,10-11,13,15H2,1-2H3,(H,24,30). The molecule has 8 nitrogen and oxygen atoms in total. The van der Waals surface area contributed by atoms with Crippen LogP contribution in [0.2, 0.25) is 0 Å². The van der Waals surface area contributed by atoms with Crippen LogP contribution >= 0.6 is 0 Å². The summed E-state index contributed by atoms with van der Waals surface area (Å²) in [5.41, 5.74) is 2.00. The number of nitrogens with zero attached hydrogens (tertiary/aromatic N) is 5. The van der Waals surface area contributed by atoms with Gasteiger partial charge in [0.15, 0.2) is 11.5 Å². The van der Waals surface area contributed by atoms with Crippen LogP contribution < -0.4 is 10.1 Å². The molecule has 5 rings (SSSR count). The van der Waals surface area contributed by atoms with Crippen LogP contribution in [0.1, 0.15) is 35.1 Å². The van der Waals surface area contributed by atoms with Crippen molar-refractivity contribution >= 4 is 17.2 Å². The number of fused-ring (bicyclic) bond motifs is 1. The second-order valence-corrected chi connectivity index (χ2v) is 8.59. The van der Waals surface area contributed by atoms with Crippen molar-refractivity contribution in [3.63, 3.8) is 0 Å². The predicted octanol–water partition coefficient (Wildman–Crippen LogP) is 2.69. The van der Waals surface area contributed by atoms with Crippen LogP contribution in [-0.4, -0.2) is 70.6 Å². The minimum absolute atomic E-state index is 0.152. The van der Waals surface area contributed by atoms with E-state index in [0.717, 1.165) is 37.0 Å². The van der Waals surface area contributed by atoms with Crippen molar-refractivity contribution in [2.75, 3.05) is 45.7 Å². The quantitative estimate of drug-likeness (QED) is 0.661. The number of carbonyl (C=O) groups is 1. The molecule has 162 valence electrons. The van der Waals surface area contributed by atoms with E-state index in [4.69, 9.17) is 4.74 Å². The Labute approximate surface area is 181 Å². The minimum atomic E-state index is -0.179. The molecule has 1 saturated carbocycles. The van der Waals surface area contributed by atoms with Crippen molar-refractivity contribution in [1.29, 1.82) is 0 Å². The fourth-order valence-corrected chi connectivity index (χ4v) is 4.21. The van der Waals surface area contributed by atoms with E-state index in [0.29, 0.717) is 17.0 Å². The molecule has 1 N–H and O–H groups in total. The zero-order valence-corrected chi connectivity index (χ0v) is 18.0. The first-order valence-corrected chi connectivity index (χ1v) is 10.8. The molecule has 2 aromatic heterocycles. The Hall–Kier alpha value is -2.97. The molecule has 0 radical (unpaired) electrons. The van der Waals surface area contributed by atoms with Gasteiger partial charge in [0.1, 0.15) is 5.75 Å². The molecule has 1 amide bonds. The number of anilines is 1. The summed E-state index contributed by atoms with van der Waals surface area (Å²) in [6, 6.07) is 11.1. The fourth-order valence-electron chi connectivity index (χ4n) is 4.21. The third-order valence-corrected chi connectivity index (χ3v) is 6.26. The third-order valence-electron chi connectivity index (χ3n) is 6.26. The Morgan fingerprint density at radius 2 is 2.06 bits per heavy atom. The van der Waals surface area contributed by atoms with Crippen LogP contribution in [0.25, 0.3) is 5.65 Å². The molecule has 3 aromatic rings. The molecule has 1 atom stereocenters. The van der Waals surface area contributed by atoms with Crippen molar-refractivity contribution in [3.05, 3.63) is 54.0 Å². The maximum Gasteiger partial charge on any atom is 0.257 e. The van der Waals surface area contributed by atoms with Crippen molar-refractivity contribution in [3.8, 4) is 5.75 Å². The molecule has 1 unspecified atom stereocenters. The van der Waals surface area contributed by atoms with Crippen molar-refractivity contribution in [2.24, 2.45) is 5.92 Å². The number of nitrogens with one attached hydrogen (secondary N) is 1. The molecule has 3 heterocycles. The molecule has 1 aliphatic heterocycles. The monoisotopic (exact) mass is 420 g/mol. The Bertz CT molecular complexity index is 1090. The number of hydrogen-bond donors (Lipinski definition) is 1. The SMILES string of the molecule is COc1cccc(NC(=O)c2ccc3nnc(C4CN(CC5CC5)CCN4C)n3c2)c1. The van der Waals surface area contributed by atoms with Crippen LogP contribution in [0.3, 0.4) is 0 Å². The van der Waals surface area contributed by atoms with E-state index >= 15 is 0 Å². The lowest BCUT2D eigenvalue weighted by Gasteiger charge is -2.38. The Morgan fingerprint density at radius 1 is 1.19 bits per heavy atom. The summed E-state index contributed by atoms with van der Waals surface area (Å²) in [4.78, 5) is 17.8.